The summed E-state index contributed by atoms with van der Waals surface area (Å²) in [5, 5.41) is 9.37. The second-order valence-electron chi connectivity index (χ2n) is 3.42. The molecule has 1 aromatic rings. The first-order valence-electron chi connectivity index (χ1n) is 4.74. The van der Waals surface area contributed by atoms with Crippen molar-refractivity contribution in [2.75, 3.05) is 5.75 Å². The van der Waals surface area contributed by atoms with Crippen molar-refractivity contribution in [1.29, 1.82) is 0 Å². The third-order valence-electron chi connectivity index (χ3n) is 2.13. The fourth-order valence-corrected chi connectivity index (χ4v) is 1.92. The van der Waals surface area contributed by atoms with Crippen molar-refractivity contribution < 1.29 is 18.7 Å². The average molecular weight is 246 g/mol. The molecule has 2 nitrogen and oxygen atoms in total. The first-order valence-corrected chi connectivity index (χ1v) is 5.73. The van der Waals surface area contributed by atoms with E-state index < -0.39 is 22.4 Å². The minimum absolute atomic E-state index is 0.208. The summed E-state index contributed by atoms with van der Waals surface area (Å²) in [6.07, 6.45) is 0. The van der Waals surface area contributed by atoms with Gasteiger partial charge in [-0.15, -0.1) is 0 Å². The molecule has 88 valence electrons. The molecular weight excluding hydrogens is 234 g/mol. The van der Waals surface area contributed by atoms with Crippen LogP contribution < -0.4 is 0 Å². The minimum Gasteiger partial charge on any atom is -0.376 e. The van der Waals surface area contributed by atoms with Gasteiger partial charge in [-0.05, 0) is 24.8 Å². The van der Waals surface area contributed by atoms with E-state index in [0.717, 1.165) is 23.9 Å². The molecule has 1 atom stereocenters. The van der Waals surface area contributed by atoms with Gasteiger partial charge in [-0.1, -0.05) is 18.7 Å². The highest BCUT2D eigenvalue weighted by atomic mass is 32.2. The standard InChI is InChI=1S/C11H12F2O2S/c1-3-16-10(14)11(2,15)8-5-4-7(12)6-9(8)13/h4-6,15H,3H2,1-2H3. The van der Waals surface area contributed by atoms with Crippen LogP contribution in [0.1, 0.15) is 19.4 Å². The quantitative estimate of drug-likeness (QED) is 0.890. The molecule has 1 aromatic carbocycles. The van der Waals surface area contributed by atoms with Gasteiger partial charge in [0.05, 0.1) is 0 Å². The molecule has 0 aliphatic rings. The number of hydrogen-bond acceptors (Lipinski definition) is 3. The van der Waals surface area contributed by atoms with Crippen molar-refractivity contribution in [1.82, 2.24) is 0 Å². The van der Waals surface area contributed by atoms with Crippen molar-refractivity contribution >= 4 is 16.9 Å². The van der Waals surface area contributed by atoms with E-state index in [4.69, 9.17) is 0 Å². The maximum atomic E-state index is 13.4. The normalized spacial score (nSPS) is 14.6. The van der Waals surface area contributed by atoms with Crippen molar-refractivity contribution in [3.8, 4) is 0 Å². The highest BCUT2D eigenvalue weighted by Crippen LogP contribution is 2.29. The predicted octanol–water partition coefficient (Wildman–Crippen LogP) is 2.45. The van der Waals surface area contributed by atoms with Crippen LogP contribution in [-0.2, 0) is 10.4 Å². The lowest BCUT2D eigenvalue weighted by atomic mass is 9.97. The number of benzene rings is 1. The summed E-state index contributed by atoms with van der Waals surface area (Å²) in [5.41, 5.74) is -2.14. The zero-order valence-corrected chi connectivity index (χ0v) is 9.78. The lowest BCUT2D eigenvalue weighted by Gasteiger charge is -2.21. The smallest absolute Gasteiger partial charge is 0.224 e. The summed E-state index contributed by atoms with van der Waals surface area (Å²) >= 11 is 0.897. The van der Waals surface area contributed by atoms with Gasteiger partial charge in [0.2, 0.25) is 5.12 Å². The van der Waals surface area contributed by atoms with Gasteiger partial charge in [-0.25, -0.2) is 8.78 Å². The first-order chi connectivity index (χ1) is 7.39. The van der Waals surface area contributed by atoms with Crippen LogP contribution in [-0.4, -0.2) is 16.0 Å². The van der Waals surface area contributed by atoms with Crippen molar-refractivity contribution in [3.63, 3.8) is 0 Å². The van der Waals surface area contributed by atoms with Crippen LogP contribution in [0.5, 0.6) is 0 Å². The third kappa shape index (κ3) is 2.59. The Labute approximate surface area is 96.7 Å². The fraction of sp³-hybridized carbons (Fsp3) is 0.364. The summed E-state index contributed by atoms with van der Waals surface area (Å²) in [6, 6.07) is 2.74. The minimum atomic E-state index is -1.93. The molecule has 0 amide bonds. The maximum Gasteiger partial charge on any atom is 0.224 e. The number of hydrogen-bond donors (Lipinski definition) is 1. The van der Waals surface area contributed by atoms with E-state index >= 15 is 0 Å². The second-order valence-corrected chi connectivity index (χ2v) is 4.65. The van der Waals surface area contributed by atoms with Crippen LogP contribution in [0, 0.1) is 11.6 Å². The van der Waals surface area contributed by atoms with Crippen LogP contribution in [0.4, 0.5) is 8.78 Å². The fourth-order valence-electron chi connectivity index (χ4n) is 1.27. The molecular formula is C11H12F2O2S. The van der Waals surface area contributed by atoms with Gasteiger partial charge in [-0.3, -0.25) is 4.79 Å². The van der Waals surface area contributed by atoms with Gasteiger partial charge >= 0.3 is 0 Å². The largest absolute Gasteiger partial charge is 0.376 e. The van der Waals surface area contributed by atoms with Crippen molar-refractivity contribution in [2.24, 2.45) is 0 Å². The Morgan fingerprint density at radius 3 is 2.62 bits per heavy atom. The van der Waals surface area contributed by atoms with Gasteiger partial charge < -0.3 is 5.11 Å². The lowest BCUT2D eigenvalue weighted by Crippen LogP contribution is -2.31. The molecule has 1 unspecified atom stereocenters. The number of halogens is 2. The molecule has 0 saturated heterocycles. The van der Waals surface area contributed by atoms with Gasteiger partial charge in [-0.2, -0.15) is 0 Å². The Morgan fingerprint density at radius 2 is 2.12 bits per heavy atom. The van der Waals surface area contributed by atoms with Crippen molar-refractivity contribution in [2.45, 2.75) is 19.4 Å². The Morgan fingerprint density at radius 1 is 1.50 bits per heavy atom. The Balaban J connectivity index is 3.11. The summed E-state index contributed by atoms with van der Waals surface area (Å²) in [4.78, 5) is 11.6. The molecule has 0 heterocycles. The van der Waals surface area contributed by atoms with Crippen LogP contribution in [0.15, 0.2) is 18.2 Å². The van der Waals surface area contributed by atoms with E-state index in [1.807, 2.05) is 0 Å². The zero-order chi connectivity index (χ0) is 12.3. The molecule has 0 saturated carbocycles. The monoisotopic (exact) mass is 246 g/mol. The Hall–Kier alpha value is -0.940. The van der Waals surface area contributed by atoms with E-state index in [-0.39, 0.29) is 5.56 Å². The number of carbonyl (C=O) groups excluding carboxylic acids is 1. The number of carbonyl (C=O) groups is 1. The summed E-state index contributed by atoms with van der Waals surface area (Å²) in [5.74, 6) is -1.18. The third-order valence-corrected chi connectivity index (χ3v) is 3.08. The van der Waals surface area contributed by atoms with E-state index in [1.54, 1.807) is 6.92 Å². The van der Waals surface area contributed by atoms with Gasteiger partial charge in [0, 0.05) is 11.6 Å². The molecule has 0 radical (unpaired) electrons. The summed E-state index contributed by atoms with van der Waals surface area (Å²) in [6.45, 7) is 2.95. The maximum absolute atomic E-state index is 13.4. The number of rotatable bonds is 3. The highest BCUT2D eigenvalue weighted by molar-refractivity contribution is 8.13. The predicted molar refractivity (Wildman–Crippen MR) is 59.1 cm³/mol. The molecule has 5 heteroatoms. The molecule has 1 N–H and O–H groups in total. The first kappa shape index (κ1) is 13.1. The molecule has 0 aromatic heterocycles. The Kier molecular flexibility index (Phi) is 4.04. The summed E-state index contributed by atoms with van der Waals surface area (Å²) in [7, 11) is 0. The van der Waals surface area contributed by atoms with E-state index in [2.05, 4.69) is 0 Å². The zero-order valence-electron chi connectivity index (χ0n) is 8.96. The van der Waals surface area contributed by atoms with Gasteiger partial charge in [0.15, 0.2) is 5.60 Å². The molecule has 1 rings (SSSR count). The van der Waals surface area contributed by atoms with Gasteiger partial charge in [0.25, 0.3) is 0 Å². The van der Waals surface area contributed by atoms with Crippen LogP contribution in [0.3, 0.4) is 0 Å². The average Bonchev–Trinajstić information content (AvgIpc) is 2.17. The lowest BCUT2D eigenvalue weighted by molar-refractivity contribution is -0.127. The summed E-state index contributed by atoms with van der Waals surface area (Å²) < 4.78 is 26.1. The Bertz CT molecular complexity index is 405. The molecule has 0 aliphatic heterocycles. The molecule has 0 fully saturated rings. The van der Waals surface area contributed by atoms with E-state index in [9.17, 15) is 18.7 Å². The molecule has 0 aliphatic carbocycles. The molecule has 0 spiro atoms. The molecule has 16 heavy (non-hydrogen) atoms. The molecule has 0 bridgehead atoms. The number of thioether (sulfide) groups is 1. The van der Waals surface area contributed by atoms with E-state index in [1.165, 1.54) is 6.92 Å². The van der Waals surface area contributed by atoms with Crippen LogP contribution in [0.2, 0.25) is 0 Å². The highest BCUT2D eigenvalue weighted by Gasteiger charge is 2.34. The topological polar surface area (TPSA) is 37.3 Å². The van der Waals surface area contributed by atoms with Crippen LogP contribution in [0.25, 0.3) is 0 Å². The second kappa shape index (κ2) is 4.93. The van der Waals surface area contributed by atoms with Crippen LogP contribution >= 0.6 is 11.8 Å². The van der Waals surface area contributed by atoms with Gasteiger partial charge in [0.1, 0.15) is 11.6 Å². The number of aliphatic hydroxyl groups is 1. The van der Waals surface area contributed by atoms with Crippen molar-refractivity contribution in [3.05, 3.63) is 35.4 Å². The van der Waals surface area contributed by atoms with E-state index in [0.29, 0.717) is 11.8 Å². The SMILES string of the molecule is CCSC(=O)C(C)(O)c1ccc(F)cc1F.